The van der Waals surface area contributed by atoms with Gasteiger partial charge in [-0.05, 0) is 53.8 Å². The van der Waals surface area contributed by atoms with Gasteiger partial charge in [0.05, 0.1) is 12.0 Å². The molecule has 5 aromatic rings. The number of carbonyl (C=O) groups excluding carboxylic acids is 1. The van der Waals surface area contributed by atoms with Crippen molar-refractivity contribution in [1.29, 1.82) is 0 Å². The van der Waals surface area contributed by atoms with Crippen molar-refractivity contribution in [1.82, 2.24) is 29.3 Å². The minimum atomic E-state index is -4.65. The van der Waals surface area contributed by atoms with Crippen LogP contribution in [0.1, 0.15) is 39.8 Å². The van der Waals surface area contributed by atoms with E-state index in [9.17, 15) is 18.0 Å². The van der Waals surface area contributed by atoms with Crippen LogP contribution in [-0.4, -0.2) is 48.8 Å². The number of halogens is 3. The number of fused-ring (bicyclic) bond motifs is 2. The van der Waals surface area contributed by atoms with Crippen molar-refractivity contribution >= 4 is 28.3 Å². The number of carbonyl (C=O) groups is 1. The Balaban J connectivity index is 1.52. The third-order valence-electron chi connectivity index (χ3n) is 7.33. The van der Waals surface area contributed by atoms with Crippen LogP contribution in [0.4, 0.5) is 24.7 Å². The summed E-state index contributed by atoms with van der Waals surface area (Å²) in [6, 6.07) is 7.24. The number of aryl methyl sites for hydroxylation is 2. The molecule has 0 spiro atoms. The molecule has 1 aromatic carbocycles. The second kappa shape index (κ2) is 10.0. The van der Waals surface area contributed by atoms with Gasteiger partial charge in [0.25, 0.3) is 5.91 Å². The number of aromatic nitrogens is 6. The maximum atomic E-state index is 14.2. The van der Waals surface area contributed by atoms with E-state index in [4.69, 9.17) is 0 Å². The summed E-state index contributed by atoms with van der Waals surface area (Å²) in [5.41, 5.74) is 3.13. The van der Waals surface area contributed by atoms with Crippen molar-refractivity contribution in [3.63, 3.8) is 0 Å². The Bertz CT molecular complexity index is 1780. The van der Waals surface area contributed by atoms with Crippen molar-refractivity contribution in [2.75, 3.05) is 23.8 Å². The molecular formula is C29H27F3N8O. The van der Waals surface area contributed by atoms with Crippen LogP contribution in [0, 0.1) is 0 Å². The number of imidazole rings is 1. The van der Waals surface area contributed by atoms with E-state index < -0.39 is 11.9 Å². The Morgan fingerprint density at radius 2 is 1.90 bits per heavy atom. The van der Waals surface area contributed by atoms with Crippen LogP contribution in [-0.2, 0) is 32.6 Å². The second-order valence-corrected chi connectivity index (χ2v) is 9.97. The summed E-state index contributed by atoms with van der Waals surface area (Å²) < 4.78 is 45.1. The average Bonchev–Trinajstić information content (AvgIpc) is 3.62. The number of hydrogen-bond acceptors (Lipinski definition) is 6. The van der Waals surface area contributed by atoms with E-state index in [-0.39, 0.29) is 11.5 Å². The lowest BCUT2D eigenvalue weighted by Crippen LogP contribution is -2.38. The third kappa shape index (κ3) is 4.68. The largest absolute Gasteiger partial charge is 0.435 e. The molecule has 0 radical (unpaired) electrons. The Labute approximate surface area is 233 Å². The summed E-state index contributed by atoms with van der Waals surface area (Å²) >= 11 is 0. The number of nitrogens with one attached hydrogen (secondary N) is 1. The number of rotatable bonds is 6. The van der Waals surface area contributed by atoms with Gasteiger partial charge in [0.2, 0.25) is 0 Å². The number of benzene rings is 1. The number of nitrogens with zero attached hydrogens (tertiary/aromatic N) is 7. The first-order chi connectivity index (χ1) is 19.7. The number of pyridine rings is 2. The van der Waals surface area contributed by atoms with Gasteiger partial charge < -0.3 is 14.8 Å². The molecule has 210 valence electrons. The summed E-state index contributed by atoms with van der Waals surface area (Å²) in [5, 5.41) is 7.59. The van der Waals surface area contributed by atoms with E-state index >= 15 is 0 Å². The molecule has 4 aromatic heterocycles. The molecule has 0 saturated carbocycles. The molecule has 0 fully saturated rings. The Morgan fingerprint density at radius 1 is 1.10 bits per heavy atom. The van der Waals surface area contributed by atoms with Gasteiger partial charge in [-0.25, -0.2) is 9.97 Å². The van der Waals surface area contributed by atoms with Gasteiger partial charge in [-0.2, -0.15) is 18.3 Å². The highest BCUT2D eigenvalue weighted by Gasteiger charge is 2.39. The molecule has 0 saturated heterocycles. The zero-order valence-electron chi connectivity index (χ0n) is 22.7. The fourth-order valence-electron chi connectivity index (χ4n) is 5.49. The second-order valence-electron chi connectivity index (χ2n) is 9.97. The van der Waals surface area contributed by atoms with Crippen molar-refractivity contribution < 1.29 is 18.0 Å². The van der Waals surface area contributed by atoms with Crippen LogP contribution in [0.2, 0.25) is 0 Å². The van der Waals surface area contributed by atoms with E-state index in [0.29, 0.717) is 65.2 Å². The van der Waals surface area contributed by atoms with E-state index in [1.54, 1.807) is 59.6 Å². The molecule has 41 heavy (non-hydrogen) atoms. The molecule has 1 aliphatic heterocycles. The van der Waals surface area contributed by atoms with Crippen LogP contribution >= 0.6 is 0 Å². The van der Waals surface area contributed by atoms with Crippen molar-refractivity contribution in [3.8, 4) is 11.1 Å². The fraction of sp³-hybridized carbons (Fsp3) is 0.276. The summed E-state index contributed by atoms with van der Waals surface area (Å²) in [7, 11) is 3.23. The SMILES string of the molecule is CCc1cc2c(N3CCc4c(cc(Cn5ccnc5)cc4-c4cn(C)nc4C(F)(F)F)C3=O)ccnc2c(NC)n1. The van der Waals surface area contributed by atoms with Crippen molar-refractivity contribution in [3.05, 3.63) is 83.5 Å². The maximum Gasteiger partial charge on any atom is 0.435 e. The Morgan fingerprint density at radius 3 is 2.61 bits per heavy atom. The lowest BCUT2D eigenvalue weighted by Gasteiger charge is -2.31. The Kier molecular flexibility index (Phi) is 6.47. The van der Waals surface area contributed by atoms with Gasteiger partial charge >= 0.3 is 6.18 Å². The van der Waals surface area contributed by atoms with Crippen LogP contribution in [0.15, 0.2) is 55.4 Å². The van der Waals surface area contributed by atoms with Crippen LogP contribution < -0.4 is 10.2 Å². The zero-order chi connectivity index (χ0) is 28.9. The van der Waals surface area contributed by atoms with Gasteiger partial charge in [-0.3, -0.25) is 14.5 Å². The fourth-order valence-corrected chi connectivity index (χ4v) is 5.49. The van der Waals surface area contributed by atoms with E-state index in [1.807, 2.05) is 13.0 Å². The highest BCUT2D eigenvalue weighted by Crippen LogP contribution is 2.41. The van der Waals surface area contributed by atoms with Gasteiger partial charge in [0.15, 0.2) is 11.5 Å². The quantitative estimate of drug-likeness (QED) is 0.311. The van der Waals surface area contributed by atoms with Gasteiger partial charge in [0, 0.05) is 74.2 Å². The molecule has 0 aliphatic carbocycles. The van der Waals surface area contributed by atoms with Crippen LogP contribution in [0.25, 0.3) is 22.0 Å². The monoisotopic (exact) mass is 560 g/mol. The summed E-state index contributed by atoms with van der Waals surface area (Å²) in [4.78, 5) is 29.1. The third-order valence-corrected chi connectivity index (χ3v) is 7.33. The lowest BCUT2D eigenvalue weighted by atomic mass is 9.88. The molecule has 0 unspecified atom stereocenters. The first-order valence-electron chi connectivity index (χ1n) is 13.2. The predicted molar refractivity (Wildman–Crippen MR) is 149 cm³/mol. The minimum absolute atomic E-state index is 0.0448. The molecule has 12 heteroatoms. The van der Waals surface area contributed by atoms with Crippen molar-refractivity contribution in [2.45, 2.75) is 32.5 Å². The zero-order valence-corrected chi connectivity index (χ0v) is 22.7. The van der Waals surface area contributed by atoms with E-state index in [2.05, 4.69) is 25.4 Å². The number of alkyl halides is 3. The Hall–Kier alpha value is -4.74. The maximum absolute atomic E-state index is 14.2. The average molecular weight is 561 g/mol. The lowest BCUT2D eigenvalue weighted by molar-refractivity contribution is -0.140. The standard InChI is InChI=1S/C29H27F3N8O/c1-4-18-13-22-24(5-7-35-25(22)27(33-2)36-18)40-9-6-19-20(23-15-38(3)37-26(23)29(30,31)32)11-17(12-21(19)28(40)41)14-39-10-8-34-16-39/h5,7-8,10-13,15-16H,4,6,9,14H2,1-3H3,(H,33,36). The highest BCUT2D eigenvalue weighted by atomic mass is 19.4. The van der Waals surface area contributed by atoms with Crippen LogP contribution in [0.3, 0.4) is 0 Å². The first kappa shape index (κ1) is 26.5. The normalized spacial score (nSPS) is 13.6. The molecule has 5 heterocycles. The molecule has 1 N–H and O–H groups in total. The molecular weight excluding hydrogens is 533 g/mol. The summed E-state index contributed by atoms with van der Waals surface area (Å²) in [6.45, 7) is 2.63. The smallest absolute Gasteiger partial charge is 0.371 e. The topological polar surface area (TPSA) is 93.8 Å². The number of anilines is 2. The van der Waals surface area contributed by atoms with Crippen molar-refractivity contribution in [2.24, 2.45) is 7.05 Å². The van der Waals surface area contributed by atoms with E-state index in [0.717, 1.165) is 15.8 Å². The van der Waals surface area contributed by atoms with Gasteiger partial charge in [0.1, 0.15) is 5.52 Å². The molecule has 1 amide bonds. The number of amides is 1. The van der Waals surface area contributed by atoms with Gasteiger partial charge in [-0.1, -0.05) is 6.92 Å². The molecule has 0 atom stereocenters. The molecule has 0 bridgehead atoms. The number of hydrogen-bond donors (Lipinski definition) is 1. The van der Waals surface area contributed by atoms with Crippen LogP contribution in [0.5, 0.6) is 0 Å². The van der Waals surface area contributed by atoms with E-state index in [1.165, 1.54) is 13.2 Å². The predicted octanol–water partition coefficient (Wildman–Crippen LogP) is 5.10. The molecule has 1 aliphatic rings. The van der Waals surface area contributed by atoms with Gasteiger partial charge in [-0.15, -0.1) is 0 Å². The molecule has 9 nitrogen and oxygen atoms in total. The summed E-state index contributed by atoms with van der Waals surface area (Å²) in [6.07, 6.45) is 4.43. The summed E-state index contributed by atoms with van der Waals surface area (Å²) in [5.74, 6) is 0.331. The molecule has 6 rings (SSSR count). The first-order valence-corrected chi connectivity index (χ1v) is 13.2. The highest BCUT2D eigenvalue weighted by molar-refractivity contribution is 6.13. The minimum Gasteiger partial charge on any atom is -0.371 e.